The van der Waals surface area contributed by atoms with Crippen molar-refractivity contribution in [2.75, 3.05) is 0 Å². The van der Waals surface area contributed by atoms with E-state index >= 15 is 0 Å². The molecule has 0 aliphatic carbocycles. The van der Waals surface area contributed by atoms with Crippen molar-refractivity contribution in [1.29, 1.82) is 0 Å². The highest BCUT2D eigenvalue weighted by Crippen LogP contribution is 2.26. The summed E-state index contributed by atoms with van der Waals surface area (Å²) < 4.78 is 6.12. The van der Waals surface area contributed by atoms with Crippen LogP contribution < -0.4 is 4.74 Å². The van der Waals surface area contributed by atoms with Gasteiger partial charge in [0.2, 0.25) is 0 Å². The SMILES string of the molecule is CCCCCCC(Oc1ccc(CCCCC)cc1CCCCC)C(=O)Cl. The molecule has 0 N–H and O–H groups in total. The van der Waals surface area contributed by atoms with Crippen LogP contribution in [0.5, 0.6) is 5.75 Å². The second-order valence-electron chi connectivity index (χ2n) is 7.62. The lowest BCUT2D eigenvalue weighted by Crippen LogP contribution is -2.24. The summed E-state index contributed by atoms with van der Waals surface area (Å²) in [7, 11) is 0. The van der Waals surface area contributed by atoms with Crippen molar-refractivity contribution < 1.29 is 9.53 Å². The molecule has 0 bridgehead atoms. The van der Waals surface area contributed by atoms with E-state index in [1.54, 1.807) is 0 Å². The van der Waals surface area contributed by atoms with Crippen LogP contribution in [0.1, 0.15) is 103 Å². The molecule has 2 nitrogen and oxygen atoms in total. The van der Waals surface area contributed by atoms with Gasteiger partial charge in [0.1, 0.15) is 5.75 Å². The first-order chi connectivity index (χ1) is 13.1. The van der Waals surface area contributed by atoms with Gasteiger partial charge in [-0.1, -0.05) is 77.8 Å². The summed E-state index contributed by atoms with van der Waals surface area (Å²) in [6.45, 7) is 6.64. The molecule has 1 rings (SSSR count). The maximum absolute atomic E-state index is 11.9. The molecular formula is C24H39ClO2. The predicted molar refractivity (Wildman–Crippen MR) is 117 cm³/mol. The number of hydrogen-bond donors (Lipinski definition) is 0. The van der Waals surface area contributed by atoms with Crippen molar-refractivity contribution in [2.24, 2.45) is 0 Å². The lowest BCUT2D eigenvalue weighted by Gasteiger charge is -2.19. The summed E-state index contributed by atoms with van der Waals surface area (Å²) in [6.07, 6.45) is 14.1. The molecule has 0 radical (unpaired) electrons. The number of halogens is 1. The third-order valence-corrected chi connectivity index (χ3v) is 5.33. The number of carbonyl (C=O) groups excluding carboxylic acids is 1. The second kappa shape index (κ2) is 15.0. The van der Waals surface area contributed by atoms with E-state index in [2.05, 4.69) is 39.0 Å². The maximum atomic E-state index is 11.9. The van der Waals surface area contributed by atoms with Gasteiger partial charge in [-0.15, -0.1) is 0 Å². The van der Waals surface area contributed by atoms with Crippen molar-refractivity contribution in [3.63, 3.8) is 0 Å². The average Bonchev–Trinajstić information content (AvgIpc) is 2.66. The minimum atomic E-state index is -0.528. The van der Waals surface area contributed by atoms with Crippen molar-refractivity contribution in [1.82, 2.24) is 0 Å². The Kier molecular flexibility index (Phi) is 13.3. The molecule has 0 heterocycles. The van der Waals surface area contributed by atoms with E-state index in [0.29, 0.717) is 6.42 Å². The number of rotatable bonds is 16. The van der Waals surface area contributed by atoms with Crippen LogP contribution in [-0.4, -0.2) is 11.3 Å². The molecule has 0 amide bonds. The van der Waals surface area contributed by atoms with Crippen molar-refractivity contribution in [3.05, 3.63) is 29.3 Å². The van der Waals surface area contributed by atoms with Crippen molar-refractivity contribution >= 4 is 16.8 Å². The Morgan fingerprint density at radius 3 is 2.15 bits per heavy atom. The monoisotopic (exact) mass is 394 g/mol. The van der Waals surface area contributed by atoms with Gasteiger partial charge in [-0.25, -0.2) is 0 Å². The van der Waals surface area contributed by atoms with Gasteiger partial charge in [0.15, 0.2) is 6.10 Å². The number of hydrogen-bond acceptors (Lipinski definition) is 2. The lowest BCUT2D eigenvalue weighted by atomic mass is 10.00. The molecular weight excluding hydrogens is 356 g/mol. The highest BCUT2D eigenvalue weighted by atomic mass is 35.5. The summed E-state index contributed by atoms with van der Waals surface area (Å²) >= 11 is 5.84. The van der Waals surface area contributed by atoms with Crippen LogP contribution in [0.25, 0.3) is 0 Å². The lowest BCUT2D eigenvalue weighted by molar-refractivity contribution is -0.118. The zero-order chi connectivity index (χ0) is 19.9. The zero-order valence-electron chi connectivity index (χ0n) is 17.7. The Hall–Kier alpha value is -1.02. The van der Waals surface area contributed by atoms with Crippen LogP contribution in [0.2, 0.25) is 0 Å². The fraction of sp³-hybridized carbons (Fsp3) is 0.708. The number of benzene rings is 1. The Morgan fingerprint density at radius 1 is 0.889 bits per heavy atom. The quantitative estimate of drug-likeness (QED) is 0.212. The van der Waals surface area contributed by atoms with Gasteiger partial charge in [-0.2, -0.15) is 0 Å². The molecule has 0 aromatic heterocycles. The van der Waals surface area contributed by atoms with E-state index in [9.17, 15) is 4.79 Å². The zero-order valence-corrected chi connectivity index (χ0v) is 18.5. The number of carbonyl (C=O) groups is 1. The summed E-state index contributed by atoms with van der Waals surface area (Å²) in [5.74, 6) is 0.847. The average molecular weight is 395 g/mol. The molecule has 3 heteroatoms. The largest absolute Gasteiger partial charge is 0.481 e. The Morgan fingerprint density at radius 2 is 1.52 bits per heavy atom. The summed E-state index contributed by atoms with van der Waals surface area (Å²) in [6, 6.07) is 6.50. The van der Waals surface area contributed by atoms with E-state index in [1.807, 2.05) is 0 Å². The van der Waals surface area contributed by atoms with Crippen LogP contribution in [0.3, 0.4) is 0 Å². The van der Waals surface area contributed by atoms with Crippen LogP contribution >= 0.6 is 11.6 Å². The van der Waals surface area contributed by atoms with Crippen LogP contribution in [0, 0.1) is 0 Å². The van der Waals surface area contributed by atoms with E-state index < -0.39 is 6.10 Å². The molecule has 0 saturated carbocycles. The van der Waals surface area contributed by atoms with E-state index in [-0.39, 0.29) is 5.24 Å². The van der Waals surface area contributed by atoms with Crippen molar-refractivity contribution in [2.45, 2.75) is 110 Å². The summed E-state index contributed by atoms with van der Waals surface area (Å²) in [4.78, 5) is 11.9. The molecule has 1 aromatic rings. The maximum Gasteiger partial charge on any atom is 0.262 e. The minimum absolute atomic E-state index is 0.377. The van der Waals surface area contributed by atoms with Gasteiger partial charge in [-0.3, -0.25) is 4.79 Å². The highest BCUT2D eigenvalue weighted by molar-refractivity contribution is 6.64. The van der Waals surface area contributed by atoms with Crippen molar-refractivity contribution in [3.8, 4) is 5.75 Å². The smallest absolute Gasteiger partial charge is 0.262 e. The Balaban J connectivity index is 2.81. The normalized spacial score (nSPS) is 12.1. The molecule has 0 fully saturated rings. The highest BCUT2D eigenvalue weighted by Gasteiger charge is 2.19. The third kappa shape index (κ3) is 10.2. The summed E-state index contributed by atoms with van der Waals surface area (Å²) in [5.41, 5.74) is 2.60. The Labute approximate surface area is 172 Å². The van der Waals surface area contributed by atoms with Gasteiger partial charge < -0.3 is 4.74 Å². The van der Waals surface area contributed by atoms with Crippen LogP contribution in [0.4, 0.5) is 0 Å². The molecule has 1 aromatic carbocycles. The number of aryl methyl sites for hydroxylation is 2. The van der Waals surface area contributed by atoms with Gasteiger partial charge in [0.25, 0.3) is 5.24 Å². The predicted octanol–water partition coefficient (Wildman–Crippen LogP) is 7.64. The van der Waals surface area contributed by atoms with E-state index in [0.717, 1.165) is 37.9 Å². The number of ether oxygens (including phenoxy) is 1. The standard InChI is InChI=1S/C24H39ClO2/c1-4-7-10-13-16-23(24(25)26)27-22-18-17-20(14-11-8-5-2)19-21(22)15-12-9-6-3/h17-19,23H,4-16H2,1-3H3. The molecule has 0 aliphatic heterocycles. The fourth-order valence-electron chi connectivity index (χ4n) is 3.37. The molecule has 0 aliphatic rings. The number of unbranched alkanes of at least 4 members (excludes halogenated alkanes) is 7. The first kappa shape index (κ1) is 24.0. The Bertz CT molecular complexity index is 527. The first-order valence-electron chi connectivity index (χ1n) is 11.1. The topological polar surface area (TPSA) is 26.3 Å². The van der Waals surface area contributed by atoms with E-state index in [1.165, 1.54) is 56.1 Å². The second-order valence-corrected chi connectivity index (χ2v) is 7.99. The molecule has 27 heavy (non-hydrogen) atoms. The van der Waals surface area contributed by atoms with Gasteiger partial charge in [0.05, 0.1) is 0 Å². The summed E-state index contributed by atoms with van der Waals surface area (Å²) in [5, 5.41) is -0.377. The molecule has 0 saturated heterocycles. The van der Waals surface area contributed by atoms with E-state index in [4.69, 9.17) is 16.3 Å². The van der Waals surface area contributed by atoms with Gasteiger partial charge in [0, 0.05) is 0 Å². The molecule has 0 spiro atoms. The molecule has 1 unspecified atom stereocenters. The fourth-order valence-corrected chi connectivity index (χ4v) is 3.53. The minimum Gasteiger partial charge on any atom is -0.481 e. The van der Waals surface area contributed by atoms with Gasteiger partial charge in [-0.05, 0) is 67.3 Å². The van der Waals surface area contributed by atoms with Crippen LogP contribution in [0.15, 0.2) is 18.2 Å². The third-order valence-electron chi connectivity index (χ3n) is 5.09. The molecule has 154 valence electrons. The van der Waals surface area contributed by atoms with Crippen LogP contribution in [-0.2, 0) is 17.6 Å². The van der Waals surface area contributed by atoms with Gasteiger partial charge >= 0.3 is 0 Å². The molecule has 1 atom stereocenters. The first-order valence-corrected chi connectivity index (χ1v) is 11.5.